The molecule has 1 aromatic carbocycles. The first kappa shape index (κ1) is 10.6. The van der Waals surface area contributed by atoms with Crippen molar-refractivity contribution in [3.05, 3.63) is 59.9 Å². The van der Waals surface area contributed by atoms with Crippen LogP contribution in [0.25, 0.3) is 0 Å². The first-order valence-electron chi connectivity index (χ1n) is 5.24. The molecular formula is C13H15N3. The molecule has 16 heavy (non-hydrogen) atoms. The van der Waals surface area contributed by atoms with Crippen molar-refractivity contribution in [1.29, 1.82) is 0 Å². The van der Waals surface area contributed by atoms with Gasteiger partial charge in [0, 0.05) is 18.1 Å². The van der Waals surface area contributed by atoms with E-state index >= 15 is 0 Å². The zero-order chi connectivity index (χ0) is 11.4. The van der Waals surface area contributed by atoms with E-state index in [-0.39, 0.29) is 6.04 Å². The van der Waals surface area contributed by atoms with E-state index in [2.05, 4.69) is 16.4 Å². The minimum Gasteiger partial charge on any atom is -0.399 e. The summed E-state index contributed by atoms with van der Waals surface area (Å²) in [4.78, 5) is 4.13. The minimum absolute atomic E-state index is 0.161. The summed E-state index contributed by atoms with van der Waals surface area (Å²) in [5.74, 6) is 0. The Balaban J connectivity index is 2.33. The van der Waals surface area contributed by atoms with Crippen LogP contribution in [0.1, 0.15) is 17.2 Å². The number of benzene rings is 1. The molecule has 0 bridgehead atoms. The third-order valence-corrected chi connectivity index (χ3v) is 2.58. The Morgan fingerprint density at radius 1 is 1.12 bits per heavy atom. The van der Waals surface area contributed by atoms with Gasteiger partial charge < -0.3 is 11.1 Å². The number of nitrogens with two attached hydrogens (primary N) is 1. The minimum atomic E-state index is 0.161. The fraction of sp³-hybridized carbons (Fsp3) is 0.154. The van der Waals surface area contributed by atoms with Crippen molar-refractivity contribution in [2.75, 3.05) is 12.8 Å². The molecule has 1 unspecified atom stereocenters. The van der Waals surface area contributed by atoms with E-state index in [0.717, 1.165) is 11.3 Å². The molecule has 82 valence electrons. The summed E-state index contributed by atoms with van der Waals surface area (Å²) in [6, 6.07) is 12.1. The van der Waals surface area contributed by atoms with E-state index in [4.69, 9.17) is 5.73 Å². The number of nitrogens with zero attached hydrogens (tertiary/aromatic N) is 1. The van der Waals surface area contributed by atoms with Crippen LogP contribution in [0.4, 0.5) is 5.69 Å². The Hall–Kier alpha value is -1.87. The van der Waals surface area contributed by atoms with Gasteiger partial charge in [-0.1, -0.05) is 18.2 Å². The lowest BCUT2D eigenvalue weighted by Gasteiger charge is -2.16. The highest BCUT2D eigenvalue weighted by Gasteiger charge is 2.10. The van der Waals surface area contributed by atoms with Crippen LogP contribution in [0.3, 0.4) is 0 Å². The molecule has 0 spiro atoms. The second-order valence-electron chi connectivity index (χ2n) is 3.67. The highest BCUT2D eigenvalue weighted by atomic mass is 14.9. The summed E-state index contributed by atoms with van der Waals surface area (Å²) < 4.78 is 0. The lowest BCUT2D eigenvalue weighted by Crippen LogP contribution is -2.17. The van der Waals surface area contributed by atoms with Gasteiger partial charge in [0.1, 0.15) is 0 Å². The number of hydrogen-bond donors (Lipinski definition) is 2. The summed E-state index contributed by atoms with van der Waals surface area (Å²) in [6.07, 6.45) is 3.65. The molecule has 0 aliphatic carbocycles. The van der Waals surface area contributed by atoms with Gasteiger partial charge in [-0.05, 0) is 36.4 Å². The van der Waals surface area contributed by atoms with E-state index < -0.39 is 0 Å². The van der Waals surface area contributed by atoms with Gasteiger partial charge in [0.15, 0.2) is 0 Å². The zero-order valence-corrected chi connectivity index (χ0v) is 9.22. The Kier molecular flexibility index (Phi) is 3.17. The van der Waals surface area contributed by atoms with Gasteiger partial charge in [0.05, 0.1) is 6.04 Å². The van der Waals surface area contributed by atoms with E-state index in [1.807, 2.05) is 43.6 Å². The Morgan fingerprint density at radius 3 is 2.44 bits per heavy atom. The molecule has 3 heteroatoms. The topological polar surface area (TPSA) is 50.9 Å². The van der Waals surface area contributed by atoms with Crippen molar-refractivity contribution >= 4 is 5.69 Å². The molecule has 3 N–H and O–H groups in total. The molecule has 2 rings (SSSR count). The lowest BCUT2D eigenvalue weighted by molar-refractivity contribution is 0.689. The van der Waals surface area contributed by atoms with Crippen LogP contribution in [0, 0.1) is 0 Å². The number of pyridine rings is 1. The first-order valence-corrected chi connectivity index (χ1v) is 5.24. The summed E-state index contributed by atoms with van der Waals surface area (Å²) in [7, 11) is 1.94. The van der Waals surface area contributed by atoms with Crippen molar-refractivity contribution in [2.45, 2.75) is 6.04 Å². The van der Waals surface area contributed by atoms with Crippen LogP contribution >= 0.6 is 0 Å². The fourth-order valence-electron chi connectivity index (χ4n) is 1.76. The largest absolute Gasteiger partial charge is 0.399 e. The van der Waals surface area contributed by atoms with Crippen LogP contribution in [-0.2, 0) is 0 Å². The molecule has 0 aliphatic heterocycles. The number of aromatic nitrogens is 1. The molecule has 0 radical (unpaired) electrons. The third-order valence-electron chi connectivity index (χ3n) is 2.58. The maximum atomic E-state index is 5.67. The predicted molar refractivity (Wildman–Crippen MR) is 66.0 cm³/mol. The van der Waals surface area contributed by atoms with Crippen LogP contribution in [0.2, 0.25) is 0 Å². The van der Waals surface area contributed by atoms with Gasteiger partial charge >= 0.3 is 0 Å². The van der Waals surface area contributed by atoms with E-state index in [0.29, 0.717) is 0 Å². The van der Waals surface area contributed by atoms with Gasteiger partial charge in [-0.3, -0.25) is 4.98 Å². The van der Waals surface area contributed by atoms with Crippen molar-refractivity contribution in [3.63, 3.8) is 0 Å². The highest BCUT2D eigenvalue weighted by molar-refractivity contribution is 5.42. The predicted octanol–water partition coefficient (Wildman–Crippen LogP) is 1.97. The van der Waals surface area contributed by atoms with Crippen LogP contribution in [-0.4, -0.2) is 12.0 Å². The maximum absolute atomic E-state index is 5.67. The second kappa shape index (κ2) is 4.77. The number of hydrogen-bond acceptors (Lipinski definition) is 3. The van der Waals surface area contributed by atoms with Crippen molar-refractivity contribution in [2.24, 2.45) is 0 Å². The van der Waals surface area contributed by atoms with Gasteiger partial charge in [0.2, 0.25) is 0 Å². The molecule has 0 amide bonds. The molecule has 0 saturated heterocycles. The smallest absolute Gasteiger partial charge is 0.0589 e. The van der Waals surface area contributed by atoms with Gasteiger partial charge in [-0.15, -0.1) is 0 Å². The van der Waals surface area contributed by atoms with Crippen molar-refractivity contribution < 1.29 is 0 Å². The standard InChI is InChI=1S/C13H15N3/c1-15-13(11-3-2-8-16-9-11)10-4-6-12(14)7-5-10/h2-9,13,15H,14H2,1H3. The zero-order valence-electron chi connectivity index (χ0n) is 9.22. The van der Waals surface area contributed by atoms with Crippen LogP contribution in [0.5, 0.6) is 0 Å². The molecule has 1 aromatic heterocycles. The first-order chi connectivity index (χ1) is 7.81. The van der Waals surface area contributed by atoms with Gasteiger partial charge in [0.25, 0.3) is 0 Å². The van der Waals surface area contributed by atoms with Crippen LogP contribution in [0.15, 0.2) is 48.8 Å². The molecule has 1 atom stereocenters. The van der Waals surface area contributed by atoms with E-state index in [1.54, 1.807) is 6.20 Å². The quantitative estimate of drug-likeness (QED) is 0.766. The third kappa shape index (κ3) is 2.20. The number of nitrogen functional groups attached to an aromatic ring is 1. The lowest BCUT2D eigenvalue weighted by atomic mass is 10.0. The molecule has 0 saturated carbocycles. The SMILES string of the molecule is CNC(c1ccc(N)cc1)c1cccnc1. The van der Waals surface area contributed by atoms with Crippen molar-refractivity contribution in [1.82, 2.24) is 10.3 Å². The number of anilines is 1. The Labute approximate surface area is 95.3 Å². The molecule has 2 aromatic rings. The summed E-state index contributed by atoms with van der Waals surface area (Å²) in [5.41, 5.74) is 8.79. The number of rotatable bonds is 3. The summed E-state index contributed by atoms with van der Waals surface area (Å²) in [5, 5.41) is 3.27. The Bertz CT molecular complexity index is 436. The second-order valence-corrected chi connectivity index (χ2v) is 3.67. The summed E-state index contributed by atoms with van der Waals surface area (Å²) in [6.45, 7) is 0. The van der Waals surface area contributed by atoms with Crippen LogP contribution < -0.4 is 11.1 Å². The maximum Gasteiger partial charge on any atom is 0.0589 e. The fourth-order valence-corrected chi connectivity index (χ4v) is 1.76. The van der Waals surface area contributed by atoms with Crippen molar-refractivity contribution in [3.8, 4) is 0 Å². The molecule has 1 heterocycles. The molecular weight excluding hydrogens is 198 g/mol. The highest BCUT2D eigenvalue weighted by Crippen LogP contribution is 2.21. The Morgan fingerprint density at radius 2 is 1.88 bits per heavy atom. The molecule has 3 nitrogen and oxygen atoms in total. The monoisotopic (exact) mass is 213 g/mol. The van der Waals surface area contributed by atoms with Gasteiger partial charge in [-0.2, -0.15) is 0 Å². The average Bonchev–Trinajstić information content (AvgIpc) is 2.34. The van der Waals surface area contributed by atoms with Gasteiger partial charge in [-0.25, -0.2) is 0 Å². The van der Waals surface area contributed by atoms with E-state index in [1.165, 1.54) is 5.56 Å². The average molecular weight is 213 g/mol. The normalized spacial score (nSPS) is 12.3. The summed E-state index contributed by atoms with van der Waals surface area (Å²) >= 11 is 0. The molecule has 0 fully saturated rings. The molecule has 0 aliphatic rings. The van der Waals surface area contributed by atoms with E-state index in [9.17, 15) is 0 Å². The number of nitrogens with one attached hydrogen (secondary N) is 1.